The third kappa shape index (κ3) is 7.61. The first-order valence-electron chi connectivity index (χ1n) is 15.1. The van der Waals surface area contributed by atoms with Gasteiger partial charge in [-0.15, -0.1) is 0 Å². The summed E-state index contributed by atoms with van der Waals surface area (Å²) in [5, 5.41) is 2.92. The highest BCUT2D eigenvalue weighted by molar-refractivity contribution is 7.89. The van der Waals surface area contributed by atoms with Gasteiger partial charge in [0, 0.05) is 13.1 Å². The molecule has 9 heteroatoms. The average molecular weight is 626 g/mol. The number of rotatable bonds is 11. The number of hydrogen-bond donors (Lipinski definition) is 1. The Morgan fingerprint density at radius 3 is 2.07 bits per heavy atom. The van der Waals surface area contributed by atoms with Crippen molar-refractivity contribution in [3.8, 4) is 5.75 Å². The Hall–Kier alpha value is -4.47. The maximum atomic E-state index is 14.2. The van der Waals surface area contributed by atoms with Gasteiger partial charge in [0.15, 0.2) is 6.10 Å². The van der Waals surface area contributed by atoms with Crippen molar-refractivity contribution in [2.24, 2.45) is 0 Å². The molecule has 1 atom stereocenters. The number of ether oxygens (including phenoxy) is 1. The maximum Gasteiger partial charge on any atom is 0.262 e. The summed E-state index contributed by atoms with van der Waals surface area (Å²) in [4.78, 5) is 29.0. The first-order chi connectivity index (χ1) is 21.6. The van der Waals surface area contributed by atoms with E-state index < -0.39 is 28.6 Å². The van der Waals surface area contributed by atoms with Crippen LogP contribution in [0, 0.1) is 20.8 Å². The molecule has 1 aliphatic heterocycles. The van der Waals surface area contributed by atoms with E-state index in [9.17, 15) is 18.0 Å². The molecule has 0 unspecified atom stereocenters. The lowest BCUT2D eigenvalue weighted by atomic mass is 10.1. The number of hydrogen-bond acceptors (Lipinski definition) is 5. The predicted molar refractivity (Wildman–Crippen MR) is 176 cm³/mol. The summed E-state index contributed by atoms with van der Waals surface area (Å²) < 4.78 is 35.8. The molecule has 0 saturated heterocycles. The third-order valence-electron chi connectivity index (χ3n) is 7.93. The second-order valence-electron chi connectivity index (χ2n) is 11.4. The Balaban J connectivity index is 1.39. The summed E-state index contributed by atoms with van der Waals surface area (Å²) in [6, 6.07) is 30.1. The lowest BCUT2D eigenvalue weighted by Gasteiger charge is -2.35. The molecule has 8 nitrogen and oxygen atoms in total. The van der Waals surface area contributed by atoms with Gasteiger partial charge in [0.2, 0.25) is 15.9 Å². The van der Waals surface area contributed by atoms with Crippen LogP contribution in [0.3, 0.4) is 0 Å². The Kier molecular flexibility index (Phi) is 10.0. The average Bonchev–Trinajstić information content (AvgIpc) is 3.02. The maximum absolute atomic E-state index is 14.2. The number of nitrogens with zero attached hydrogens (tertiary/aromatic N) is 2. The molecule has 0 aromatic heterocycles. The van der Waals surface area contributed by atoms with Gasteiger partial charge in [0.05, 0.1) is 23.7 Å². The van der Waals surface area contributed by atoms with Crippen LogP contribution in [0.4, 0.5) is 5.69 Å². The van der Waals surface area contributed by atoms with Gasteiger partial charge in [-0.1, -0.05) is 90.5 Å². The van der Waals surface area contributed by atoms with Crippen molar-refractivity contribution in [2.45, 2.75) is 44.6 Å². The van der Waals surface area contributed by atoms with Crippen LogP contribution in [0.2, 0.25) is 0 Å². The Labute approximate surface area is 265 Å². The van der Waals surface area contributed by atoms with Crippen molar-refractivity contribution in [1.29, 1.82) is 0 Å². The smallest absolute Gasteiger partial charge is 0.262 e. The summed E-state index contributed by atoms with van der Waals surface area (Å²) in [6.45, 7) is 5.59. The number of sulfonamides is 1. The molecule has 0 radical (unpaired) electrons. The van der Waals surface area contributed by atoms with E-state index >= 15 is 0 Å². The van der Waals surface area contributed by atoms with E-state index in [0.29, 0.717) is 42.0 Å². The van der Waals surface area contributed by atoms with Crippen LogP contribution in [0.25, 0.3) is 0 Å². The fourth-order valence-electron chi connectivity index (χ4n) is 5.82. The van der Waals surface area contributed by atoms with Crippen molar-refractivity contribution in [3.63, 3.8) is 0 Å². The number of anilines is 1. The van der Waals surface area contributed by atoms with Gasteiger partial charge < -0.3 is 15.0 Å². The zero-order valence-corrected chi connectivity index (χ0v) is 26.7. The molecule has 0 spiro atoms. The fourth-order valence-corrected chi connectivity index (χ4v) is 7.62. The number of fused-ring (bicyclic) bond motifs is 1. The highest BCUT2D eigenvalue weighted by Crippen LogP contribution is 2.34. The van der Waals surface area contributed by atoms with E-state index in [1.165, 1.54) is 9.21 Å². The number of benzene rings is 4. The van der Waals surface area contributed by atoms with E-state index in [0.717, 1.165) is 16.7 Å². The molecule has 0 aliphatic carbocycles. The van der Waals surface area contributed by atoms with E-state index in [1.807, 2.05) is 79.7 Å². The molecule has 45 heavy (non-hydrogen) atoms. The Morgan fingerprint density at radius 1 is 0.844 bits per heavy atom. The van der Waals surface area contributed by atoms with Gasteiger partial charge in [-0.25, -0.2) is 8.42 Å². The fraction of sp³-hybridized carbons (Fsp3) is 0.278. The van der Waals surface area contributed by atoms with Crippen LogP contribution in [0.15, 0.2) is 102 Å². The molecule has 4 aromatic rings. The van der Waals surface area contributed by atoms with Gasteiger partial charge in [-0.05, 0) is 68.0 Å². The number of amides is 2. The molecule has 1 aliphatic rings. The second-order valence-corrected chi connectivity index (χ2v) is 13.3. The molecule has 0 bridgehead atoms. The van der Waals surface area contributed by atoms with Crippen molar-refractivity contribution in [3.05, 3.63) is 125 Å². The summed E-state index contributed by atoms with van der Waals surface area (Å²) in [7, 11) is -4.05. The normalized spacial score (nSPS) is 14.5. The zero-order chi connectivity index (χ0) is 32.0. The lowest BCUT2D eigenvalue weighted by Crippen LogP contribution is -2.53. The number of para-hydroxylation sites is 2. The van der Waals surface area contributed by atoms with Crippen LogP contribution in [0.1, 0.15) is 27.8 Å². The van der Waals surface area contributed by atoms with Crippen molar-refractivity contribution in [1.82, 2.24) is 9.62 Å². The molecule has 1 heterocycles. The summed E-state index contributed by atoms with van der Waals surface area (Å²) in [6.07, 6.45) is 0.143. The van der Waals surface area contributed by atoms with Crippen LogP contribution < -0.4 is 15.0 Å². The molecular formula is C36H39N3O5S. The number of carbonyl (C=O) groups excluding carboxylic acids is 2. The summed E-state index contributed by atoms with van der Waals surface area (Å²) in [5.41, 5.74) is 4.79. The third-order valence-corrected chi connectivity index (χ3v) is 10.1. The van der Waals surface area contributed by atoms with E-state index in [2.05, 4.69) is 5.32 Å². The monoisotopic (exact) mass is 625 g/mol. The minimum Gasteiger partial charge on any atom is -0.477 e. The SMILES string of the molecule is Cc1cc(C)c(S(=O)(=O)N(CCc2ccccc2)CC(=O)N2C[C@H](C(=O)NCCc3ccccc3)Oc3ccccc32)c(C)c1. The van der Waals surface area contributed by atoms with Crippen LogP contribution in [-0.2, 0) is 32.5 Å². The van der Waals surface area contributed by atoms with E-state index in [-0.39, 0.29) is 23.9 Å². The molecule has 234 valence electrons. The van der Waals surface area contributed by atoms with E-state index in [4.69, 9.17) is 4.74 Å². The molecule has 2 amide bonds. The van der Waals surface area contributed by atoms with E-state index in [1.54, 1.807) is 38.1 Å². The number of aryl methyl sites for hydroxylation is 3. The largest absolute Gasteiger partial charge is 0.477 e. The van der Waals surface area contributed by atoms with Gasteiger partial charge in [0.1, 0.15) is 5.75 Å². The van der Waals surface area contributed by atoms with Crippen molar-refractivity contribution < 1.29 is 22.7 Å². The number of carbonyl (C=O) groups is 2. The van der Waals surface area contributed by atoms with Gasteiger partial charge in [-0.2, -0.15) is 4.31 Å². The van der Waals surface area contributed by atoms with Crippen molar-refractivity contribution in [2.75, 3.05) is 31.1 Å². The standard InChI is InChI=1S/C36H39N3O5S/c1-26-22-27(2)35(28(3)23-26)45(42,43)38(21-19-30-14-8-5-9-15-30)25-34(40)39-24-33(44-32-17-11-10-16-31(32)39)36(41)37-20-18-29-12-6-4-7-13-29/h4-17,22-23,33H,18-21,24-25H2,1-3H3,(H,37,41)/t33-/m1/s1. The first-order valence-corrected chi connectivity index (χ1v) is 16.6. The molecule has 4 aromatic carbocycles. The minimum absolute atomic E-state index is 0.0395. The van der Waals surface area contributed by atoms with Crippen molar-refractivity contribution >= 4 is 27.5 Å². The Bertz CT molecular complexity index is 1740. The lowest BCUT2D eigenvalue weighted by molar-refractivity contribution is -0.128. The van der Waals surface area contributed by atoms with Crippen LogP contribution in [-0.4, -0.2) is 56.8 Å². The topological polar surface area (TPSA) is 96.0 Å². The van der Waals surface area contributed by atoms with Gasteiger partial charge in [0.25, 0.3) is 5.91 Å². The summed E-state index contributed by atoms with van der Waals surface area (Å²) in [5.74, 6) is -0.381. The first kappa shape index (κ1) is 31.9. The quantitative estimate of drug-likeness (QED) is 0.253. The molecule has 5 rings (SSSR count). The predicted octanol–water partition coefficient (Wildman–Crippen LogP) is 5.00. The second kappa shape index (κ2) is 14.1. The van der Waals surface area contributed by atoms with Crippen LogP contribution >= 0.6 is 0 Å². The van der Waals surface area contributed by atoms with Crippen LogP contribution in [0.5, 0.6) is 5.75 Å². The molecule has 1 N–H and O–H groups in total. The summed E-state index contributed by atoms with van der Waals surface area (Å²) >= 11 is 0. The number of nitrogens with one attached hydrogen (secondary N) is 1. The van der Waals surface area contributed by atoms with Gasteiger partial charge >= 0.3 is 0 Å². The zero-order valence-electron chi connectivity index (χ0n) is 25.9. The van der Waals surface area contributed by atoms with Gasteiger partial charge in [-0.3, -0.25) is 9.59 Å². The molecular weight excluding hydrogens is 586 g/mol. The minimum atomic E-state index is -4.05. The molecule has 0 fully saturated rings. The highest BCUT2D eigenvalue weighted by Gasteiger charge is 2.36. The Morgan fingerprint density at radius 2 is 1.42 bits per heavy atom. The molecule has 0 saturated carbocycles. The highest BCUT2D eigenvalue weighted by atomic mass is 32.2.